The minimum Gasteiger partial charge on any atom is -0.380 e. The molecule has 0 aromatic carbocycles. The Labute approximate surface area is 101 Å². The van der Waals surface area contributed by atoms with E-state index in [1.165, 1.54) is 44.9 Å². The molecule has 1 saturated carbocycles. The highest BCUT2D eigenvalue weighted by Gasteiger charge is 2.17. The summed E-state index contributed by atoms with van der Waals surface area (Å²) in [4.78, 5) is 0. The number of rotatable bonds is 8. The Balaban J connectivity index is 1.86. The first kappa shape index (κ1) is 14.0. The van der Waals surface area contributed by atoms with Crippen molar-refractivity contribution < 1.29 is 4.74 Å². The molecule has 0 aromatic rings. The third-order valence-electron chi connectivity index (χ3n) is 3.51. The molecule has 0 aromatic heterocycles. The molecule has 0 amide bonds. The predicted molar refractivity (Wildman–Crippen MR) is 69.8 cm³/mol. The van der Waals surface area contributed by atoms with Crippen LogP contribution in [0.1, 0.15) is 58.8 Å². The van der Waals surface area contributed by atoms with Crippen LogP contribution in [0.15, 0.2) is 0 Å². The largest absolute Gasteiger partial charge is 0.380 e. The third-order valence-corrected chi connectivity index (χ3v) is 3.51. The van der Waals surface area contributed by atoms with Gasteiger partial charge in [-0.1, -0.05) is 39.5 Å². The molecule has 2 nitrogen and oxygen atoms in total. The van der Waals surface area contributed by atoms with Crippen molar-refractivity contribution in [1.82, 2.24) is 5.32 Å². The van der Waals surface area contributed by atoms with Crippen molar-refractivity contribution in [3.63, 3.8) is 0 Å². The Hall–Kier alpha value is -0.0800. The second-order valence-electron chi connectivity index (χ2n) is 5.24. The highest BCUT2D eigenvalue weighted by atomic mass is 16.5. The molecular formula is C14H29NO. The van der Waals surface area contributed by atoms with Gasteiger partial charge in [0.2, 0.25) is 0 Å². The van der Waals surface area contributed by atoms with Crippen LogP contribution >= 0.6 is 0 Å². The monoisotopic (exact) mass is 227 g/mol. The van der Waals surface area contributed by atoms with Gasteiger partial charge in [-0.15, -0.1) is 0 Å². The fourth-order valence-electron chi connectivity index (χ4n) is 2.51. The first-order valence-corrected chi connectivity index (χ1v) is 7.14. The Bertz CT molecular complexity index is 161. The van der Waals surface area contributed by atoms with Crippen molar-refractivity contribution in [3.05, 3.63) is 0 Å². The second kappa shape index (κ2) is 9.00. The molecule has 0 radical (unpaired) electrons. The molecule has 1 fully saturated rings. The van der Waals surface area contributed by atoms with Gasteiger partial charge in [0.25, 0.3) is 0 Å². The van der Waals surface area contributed by atoms with Crippen LogP contribution in [0.4, 0.5) is 0 Å². The smallest absolute Gasteiger partial charge is 0.0590 e. The molecule has 1 aliphatic carbocycles. The van der Waals surface area contributed by atoms with E-state index >= 15 is 0 Å². The molecule has 2 unspecified atom stereocenters. The van der Waals surface area contributed by atoms with Crippen molar-refractivity contribution in [2.75, 3.05) is 19.8 Å². The first-order valence-electron chi connectivity index (χ1n) is 7.14. The van der Waals surface area contributed by atoms with Crippen LogP contribution in [0, 0.1) is 5.92 Å². The predicted octanol–water partition coefficient (Wildman–Crippen LogP) is 3.36. The quantitative estimate of drug-likeness (QED) is 0.642. The van der Waals surface area contributed by atoms with Crippen LogP contribution in [-0.2, 0) is 4.74 Å². The van der Waals surface area contributed by atoms with E-state index in [1.807, 2.05) is 0 Å². The highest BCUT2D eigenvalue weighted by molar-refractivity contribution is 4.75. The maximum absolute atomic E-state index is 5.59. The van der Waals surface area contributed by atoms with Crippen molar-refractivity contribution in [3.8, 4) is 0 Å². The molecule has 96 valence electrons. The molecule has 1 N–H and O–H groups in total. The number of hydrogen-bond donors (Lipinski definition) is 1. The topological polar surface area (TPSA) is 21.3 Å². The standard InChI is InChI=1S/C14H29NO/c1-3-4-5-10-16-11-9-15-14-8-6-7-13(2)12-14/h13-15H,3-12H2,1-2H3. The van der Waals surface area contributed by atoms with Crippen molar-refractivity contribution in [2.24, 2.45) is 5.92 Å². The molecule has 0 saturated heterocycles. The molecule has 1 aliphatic rings. The average molecular weight is 227 g/mol. The molecule has 2 atom stereocenters. The Morgan fingerprint density at radius 2 is 2.06 bits per heavy atom. The summed E-state index contributed by atoms with van der Waals surface area (Å²) in [6.45, 7) is 7.45. The summed E-state index contributed by atoms with van der Waals surface area (Å²) in [6.07, 6.45) is 9.34. The lowest BCUT2D eigenvalue weighted by Crippen LogP contribution is -2.35. The van der Waals surface area contributed by atoms with Gasteiger partial charge in [-0.2, -0.15) is 0 Å². The highest BCUT2D eigenvalue weighted by Crippen LogP contribution is 2.23. The summed E-state index contributed by atoms with van der Waals surface area (Å²) in [5.74, 6) is 0.914. The lowest BCUT2D eigenvalue weighted by molar-refractivity contribution is 0.127. The minimum absolute atomic E-state index is 0.753. The van der Waals surface area contributed by atoms with E-state index in [1.54, 1.807) is 0 Å². The zero-order valence-electron chi connectivity index (χ0n) is 11.1. The van der Waals surface area contributed by atoms with Gasteiger partial charge in [0, 0.05) is 19.2 Å². The summed E-state index contributed by atoms with van der Waals surface area (Å²) in [6, 6.07) is 0.753. The summed E-state index contributed by atoms with van der Waals surface area (Å²) in [5.41, 5.74) is 0. The van der Waals surface area contributed by atoms with E-state index in [9.17, 15) is 0 Å². The van der Waals surface area contributed by atoms with Crippen LogP contribution in [0.3, 0.4) is 0 Å². The number of unbranched alkanes of at least 4 members (excludes halogenated alkanes) is 2. The van der Waals surface area contributed by atoms with E-state index in [2.05, 4.69) is 19.2 Å². The van der Waals surface area contributed by atoms with Crippen LogP contribution in [-0.4, -0.2) is 25.8 Å². The molecular weight excluding hydrogens is 198 g/mol. The van der Waals surface area contributed by atoms with Crippen molar-refractivity contribution >= 4 is 0 Å². The fraction of sp³-hybridized carbons (Fsp3) is 1.00. The first-order chi connectivity index (χ1) is 7.83. The third kappa shape index (κ3) is 6.49. The van der Waals surface area contributed by atoms with E-state index in [4.69, 9.17) is 4.74 Å². The second-order valence-corrected chi connectivity index (χ2v) is 5.24. The Morgan fingerprint density at radius 3 is 2.81 bits per heavy atom. The van der Waals surface area contributed by atoms with Crippen LogP contribution in [0.5, 0.6) is 0 Å². The van der Waals surface area contributed by atoms with Gasteiger partial charge < -0.3 is 10.1 Å². The molecule has 0 heterocycles. The maximum Gasteiger partial charge on any atom is 0.0590 e. The van der Waals surface area contributed by atoms with Crippen molar-refractivity contribution in [2.45, 2.75) is 64.8 Å². The Kier molecular flexibility index (Phi) is 7.87. The van der Waals surface area contributed by atoms with Crippen LogP contribution in [0.2, 0.25) is 0 Å². The van der Waals surface area contributed by atoms with Gasteiger partial charge in [-0.3, -0.25) is 0 Å². The van der Waals surface area contributed by atoms with Gasteiger partial charge in [0.05, 0.1) is 6.61 Å². The number of hydrogen-bond acceptors (Lipinski definition) is 2. The van der Waals surface area contributed by atoms with E-state index in [0.29, 0.717) is 0 Å². The van der Waals surface area contributed by atoms with E-state index < -0.39 is 0 Å². The maximum atomic E-state index is 5.59. The number of ether oxygens (including phenoxy) is 1. The zero-order chi connectivity index (χ0) is 11.6. The molecule has 2 heteroatoms. The normalized spacial score (nSPS) is 25.9. The summed E-state index contributed by atoms with van der Waals surface area (Å²) >= 11 is 0. The lowest BCUT2D eigenvalue weighted by Gasteiger charge is -2.27. The van der Waals surface area contributed by atoms with Crippen LogP contribution in [0.25, 0.3) is 0 Å². The van der Waals surface area contributed by atoms with Gasteiger partial charge in [-0.25, -0.2) is 0 Å². The SMILES string of the molecule is CCCCCOCCNC1CCCC(C)C1. The van der Waals surface area contributed by atoms with Crippen LogP contribution < -0.4 is 5.32 Å². The van der Waals surface area contributed by atoms with Crippen molar-refractivity contribution in [1.29, 1.82) is 0 Å². The lowest BCUT2D eigenvalue weighted by atomic mass is 9.87. The van der Waals surface area contributed by atoms with Gasteiger partial charge >= 0.3 is 0 Å². The summed E-state index contributed by atoms with van der Waals surface area (Å²) in [5, 5.41) is 3.62. The van der Waals surface area contributed by atoms with Gasteiger partial charge in [-0.05, 0) is 25.2 Å². The summed E-state index contributed by atoms with van der Waals surface area (Å²) < 4.78 is 5.59. The Morgan fingerprint density at radius 1 is 1.19 bits per heavy atom. The number of nitrogens with one attached hydrogen (secondary N) is 1. The molecule has 0 spiro atoms. The molecule has 0 bridgehead atoms. The molecule has 16 heavy (non-hydrogen) atoms. The van der Waals surface area contributed by atoms with E-state index in [0.717, 1.165) is 31.7 Å². The minimum atomic E-state index is 0.753. The van der Waals surface area contributed by atoms with E-state index in [-0.39, 0.29) is 0 Å². The summed E-state index contributed by atoms with van der Waals surface area (Å²) in [7, 11) is 0. The molecule has 1 rings (SSSR count). The fourth-order valence-corrected chi connectivity index (χ4v) is 2.51. The van der Waals surface area contributed by atoms with Gasteiger partial charge in [0.15, 0.2) is 0 Å². The average Bonchev–Trinajstić information content (AvgIpc) is 2.28. The zero-order valence-corrected chi connectivity index (χ0v) is 11.1. The van der Waals surface area contributed by atoms with Gasteiger partial charge in [0.1, 0.15) is 0 Å². The molecule has 0 aliphatic heterocycles.